The average molecular weight is 303 g/mol. The predicted octanol–water partition coefficient (Wildman–Crippen LogP) is 4.02. The first-order chi connectivity index (χ1) is 10.1. The second kappa shape index (κ2) is 5.57. The van der Waals surface area contributed by atoms with Crippen LogP contribution in [0.15, 0.2) is 30.3 Å². The molecule has 3 rings (SSSR count). The van der Waals surface area contributed by atoms with Gasteiger partial charge in [-0.25, -0.2) is 0 Å². The third kappa shape index (κ3) is 2.84. The molecule has 0 saturated heterocycles. The fourth-order valence-electron chi connectivity index (χ4n) is 2.83. The maximum absolute atomic E-state index is 12.2. The molecule has 4 heteroatoms. The molecule has 110 valence electrons. The summed E-state index contributed by atoms with van der Waals surface area (Å²) in [5, 5.41) is 3.44. The third-order valence-electron chi connectivity index (χ3n) is 4.06. The van der Waals surface area contributed by atoms with Crippen LogP contribution in [0, 0.1) is 13.8 Å². The molecule has 1 aromatic carbocycles. The quantitative estimate of drug-likeness (QED) is 0.909. The van der Waals surface area contributed by atoms with Crippen molar-refractivity contribution in [2.75, 3.05) is 0 Å². The number of carbonyl (C=O) groups excluding carboxylic acids is 1. The Labute approximate surface area is 129 Å². The summed E-state index contributed by atoms with van der Waals surface area (Å²) in [6.45, 7) is 4.80. The van der Waals surface area contributed by atoms with Gasteiger partial charge < -0.3 is 9.88 Å². The van der Waals surface area contributed by atoms with Crippen LogP contribution in [0.1, 0.15) is 46.2 Å². The molecule has 1 heterocycles. The van der Waals surface area contributed by atoms with Gasteiger partial charge in [0.25, 0.3) is 5.91 Å². The van der Waals surface area contributed by atoms with Crippen molar-refractivity contribution in [1.82, 2.24) is 9.88 Å². The fraction of sp³-hybridized carbons (Fsp3) is 0.353. The Morgan fingerprint density at radius 1 is 1.33 bits per heavy atom. The lowest BCUT2D eigenvalue weighted by molar-refractivity contribution is 0.0951. The van der Waals surface area contributed by atoms with Crippen LogP contribution in [0.2, 0.25) is 5.02 Å². The van der Waals surface area contributed by atoms with Crippen molar-refractivity contribution in [3.63, 3.8) is 0 Å². The van der Waals surface area contributed by atoms with E-state index in [0.29, 0.717) is 23.2 Å². The van der Waals surface area contributed by atoms with E-state index in [1.54, 1.807) is 12.1 Å². The first-order valence-electron chi connectivity index (χ1n) is 7.28. The summed E-state index contributed by atoms with van der Waals surface area (Å²) in [5.41, 5.74) is 4.24. The smallest absolute Gasteiger partial charge is 0.253 e. The van der Waals surface area contributed by atoms with Crippen molar-refractivity contribution in [2.45, 2.75) is 39.3 Å². The number of amides is 1. The van der Waals surface area contributed by atoms with Crippen molar-refractivity contribution in [1.29, 1.82) is 0 Å². The first-order valence-corrected chi connectivity index (χ1v) is 7.65. The Hall–Kier alpha value is -1.74. The van der Waals surface area contributed by atoms with Crippen LogP contribution in [0.5, 0.6) is 0 Å². The van der Waals surface area contributed by atoms with Gasteiger partial charge in [-0.3, -0.25) is 4.79 Å². The van der Waals surface area contributed by atoms with E-state index in [1.807, 2.05) is 12.1 Å². The van der Waals surface area contributed by atoms with Crippen molar-refractivity contribution in [2.24, 2.45) is 0 Å². The van der Waals surface area contributed by atoms with E-state index >= 15 is 0 Å². The summed E-state index contributed by atoms with van der Waals surface area (Å²) in [7, 11) is 0. The number of hydrogen-bond donors (Lipinski definition) is 1. The van der Waals surface area contributed by atoms with Crippen LogP contribution in [0.3, 0.4) is 0 Å². The van der Waals surface area contributed by atoms with E-state index in [9.17, 15) is 4.79 Å². The van der Waals surface area contributed by atoms with Crippen LogP contribution >= 0.6 is 11.6 Å². The Morgan fingerprint density at radius 2 is 2.05 bits per heavy atom. The van der Waals surface area contributed by atoms with Crippen LogP contribution in [-0.4, -0.2) is 10.5 Å². The minimum Gasteiger partial charge on any atom is -0.348 e. The van der Waals surface area contributed by atoms with Crippen molar-refractivity contribution in [3.05, 3.63) is 57.9 Å². The average Bonchev–Trinajstić information content (AvgIpc) is 3.24. The number of aromatic nitrogens is 1. The Bertz CT molecular complexity index is 686. The molecule has 2 aromatic rings. The van der Waals surface area contributed by atoms with E-state index in [2.05, 4.69) is 29.8 Å². The summed E-state index contributed by atoms with van der Waals surface area (Å²) >= 11 is 6.05. The number of rotatable bonds is 4. The maximum atomic E-state index is 12.2. The summed E-state index contributed by atoms with van der Waals surface area (Å²) in [6, 6.07) is 9.95. The third-order valence-corrected chi connectivity index (χ3v) is 4.39. The highest BCUT2D eigenvalue weighted by molar-refractivity contribution is 6.33. The van der Waals surface area contributed by atoms with Gasteiger partial charge in [0.2, 0.25) is 0 Å². The molecule has 0 bridgehead atoms. The molecule has 1 amide bonds. The van der Waals surface area contributed by atoms with Crippen LogP contribution in [-0.2, 0) is 6.54 Å². The largest absolute Gasteiger partial charge is 0.348 e. The molecule has 1 aliphatic carbocycles. The minimum atomic E-state index is -0.128. The van der Waals surface area contributed by atoms with E-state index in [-0.39, 0.29) is 5.91 Å². The molecule has 0 aliphatic heterocycles. The summed E-state index contributed by atoms with van der Waals surface area (Å²) in [4.78, 5) is 12.2. The Morgan fingerprint density at radius 3 is 2.71 bits per heavy atom. The first kappa shape index (κ1) is 14.2. The SMILES string of the molecule is Cc1cc(CNC(=O)c2ccccc2Cl)c(C)n1C1CC1. The topological polar surface area (TPSA) is 34.0 Å². The lowest BCUT2D eigenvalue weighted by Crippen LogP contribution is -2.23. The fourth-order valence-corrected chi connectivity index (χ4v) is 3.06. The number of nitrogens with zero attached hydrogens (tertiary/aromatic N) is 1. The molecule has 1 saturated carbocycles. The maximum Gasteiger partial charge on any atom is 0.253 e. The highest BCUT2D eigenvalue weighted by atomic mass is 35.5. The van der Waals surface area contributed by atoms with Gasteiger partial charge in [0.05, 0.1) is 10.6 Å². The Kier molecular flexibility index (Phi) is 3.77. The molecule has 0 radical (unpaired) electrons. The number of benzene rings is 1. The van der Waals surface area contributed by atoms with Gasteiger partial charge in [0.15, 0.2) is 0 Å². The predicted molar refractivity (Wildman–Crippen MR) is 84.8 cm³/mol. The zero-order valence-electron chi connectivity index (χ0n) is 12.3. The van der Waals surface area contributed by atoms with Gasteiger partial charge in [-0.1, -0.05) is 23.7 Å². The van der Waals surface area contributed by atoms with E-state index in [0.717, 1.165) is 0 Å². The van der Waals surface area contributed by atoms with E-state index < -0.39 is 0 Å². The molecular formula is C17H19ClN2O. The lowest BCUT2D eigenvalue weighted by Gasteiger charge is -2.09. The Balaban J connectivity index is 1.72. The van der Waals surface area contributed by atoms with Gasteiger partial charge in [-0.05, 0) is 50.5 Å². The number of aryl methyl sites for hydroxylation is 1. The van der Waals surface area contributed by atoms with Gasteiger partial charge in [-0.15, -0.1) is 0 Å². The second-order valence-corrected chi connectivity index (χ2v) is 6.07. The molecule has 0 unspecified atom stereocenters. The summed E-state index contributed by atoms with van der Waals surface area (Å²) in [5.74, 6) is -0.128. The van der Waals surface area contributed by atoms with Crippen molar-refractivity contribution < 1.29 is 4.79 Å². The molecule has 0 atom stereocenters. The lowest BCUT2D eigenvalue weighted by atomic mass is 10.2. The molecule has 0 spiro atoms. The molecule has 1 aliphatic rings. The molecule has 1 N–H and O–H groups in total. The molecular weight excluding hydrogens is 284 g/mol. The normalized spacial score (nSPS) is 14.2. The van der Waals surface area contributed by atoms with Crippen molar-refractivity contribution >= 4 is 17.5 Å². The van der Waals surface area contributed by atoms with Crippen molar-refractivity contribution in [3.8, 4) is 0 Å². The second-order valence-electron chi connectivity index (χ2n) is 5.66. The van der Waals surface area contributed by atoms with Crippen LogP contribution in [0.4, 0.5) is 0 Å². The minimum absolute atomic E-state index is 0.128. The standard InChI is InChI=1S/C17H19ClN2O/c1-11-9-13(12(2)20(11)14-7-8-14)10-19-17(21)15-5-3-4-6-16(15)18/h3-6,9,14H,7-8,10H2,1-2H3,(H,19,21). The van der Waals surface area contributed by atoms with Gasteiger partial charge >= 0.3 is 0 Å². The zero-order valence-corrected chi connectivity index (χ0v) is 13.1. The number of nitrogens with one attached hydrogen (secondary N) is 1. The van der Waals surface area contributed by atoms with Crippen LogP contribution < -0.4 is 5.32 Å². The van der Waals surface area contributed by atoms with Crippen LogP contribution in [0.25, 0.3) is 0 Å². The summed E-state index contributed by atoms with van der Waals surface area (Å²) in [6.07, 6.45) is 2.53. The van der Waals surface area contributed by atoms with Gasteiger partial charge in [-0.2, -0.15) is 0 Å². The number of halogens is 1. The number of hydrogen-bond acceptors (Lipinski definition) is 1. The molecule has 3 nitrogen and oxygen atoms in total. The van der Waals surface area contributed by atoms with E-state index in [4.69, 9.17) is 11.6 Å². The van der Waals surface area contributed by atoms with Gasteiger partial charge in [0.1, 0.15) is 0 Å². The summed E-state index contributed by atoms with van der Waals surface area (Å²) < 4.78 is 2.39. The van der Waals surface area contributed by atoms with Gasteiger partial charge in [0, 0.05) is 24.0 Å². The highest BCUT2D eigenvalue weighted by Crippen LogP contribution is 2.38. The van der Waals surface area contributed by atoms with E-state index in [1.165, 1.54) is 29.8 Å². The molecule has 1 fully saturated rings. The zero-order chi connectivity index (χ0) is 15.0. The highest BCUT2D eigenvalue weighted by Gasteiger charge is 2.26. The monoisotopic (exact) mass is 302 g/mol. The molecule has 21 heavy (non-hydrogen) atoms. The number of carbonyl (C=O) groups is 1. The molecule has 1 aromatic heterocycles.